The molecular weight excluding hydrogens is 1260 g/mol. The third-order valence-electron chi connectivity index (χ3n) is 13.1. The number of primary amides is 1. The highest BCUT2D eigenvalue weighted by molar-refractivity contribution is 8.70. The number of aliphatic hydroxyl groups excluding tert-OH is 4. The van der Waals surface area contributed by atoms with E-state index in [1.54, 1.807) is 54.3 Å². The molecular formula is C55H70N20O14S3. The van der Waals surface area contributed by atoms with E-state index in [2.05, 4.69) is 51.6 Å². The lowest BCUT2D eigenvalue weighted by atomic mass is 10.1. The lowest BCUT2D eigenvalue weighted by molar-refractivity contribution is -0.385. The number of rotatable bonds is 21. The van der Waals surface area contributed by atoms with Crippen molar-refractivity contribution in [3.05, 3.63) is 146 Å². The number of amidine groups is 1. The summed E-state index contributed by atoms with van der Waals surface area (Å²) in [4.78, 5) is 84.3. The number of imidazole rings is 2. The van der Waals surface area contributed by atoms with Crippen molar-refractivity contribution in [1.82, 2.24) is 49.4 Å². The average molecular weight is 1330 g/mol. The number of aromatic nitrogens is 9. The highest BCUT2D eigenvalue weighted by Crippen LogP contribution is 2.37. The first-order valence-electron chi connectivity index (χ1n) is 27.5. The molecule has 0 radical (unpaired) electrons. The zero-order valence-electron chi connectivity index (χ0n) is 49.9. The maximum absolute atomic E-state index is 11.4. The number of fused-ring (bicyclic) bond motifs is 2. The number of ether oxygens (including phenoxy) is 1. The number of hydrogen-bond donors (Lipinski definition) is 15. The van der Waals surface area contributed by atoms with Crippen molar-refractivity contribution in [1.29, 1.82) is 5.26 Å². The topological polar surface area (TPSA) is 564 Å². The fourth-order valence-electron chi connectivity index (χ4n) is 8.75. The highest BCUT2D eigenvalue weighted by atomic mass is 33.1. The molecule has 1 saturated carbocycles. The summed E-state index contributed by atoms with van der Waals surface area (Å²) in [6.45, 7) is 3.76. The SMILES string of the molecule is CC(O)CNc1nc(N)[nH]c(=O)c1[N+](=O)[O-].CCOC(=O)c1cc[nH]c1CC(=O)NN.CSc1nc(N)nc2c1ncn2C1CC(CO)C(O)C1O.Cn1c(CCN=C(N)CSS(=O)(=O)O)nc2ccccc21.N#CC(Nc1ccccc1C(N)=O)c1ccccc1. The largest absolute Gasteiger partial charge is 0.462 e. The zero-order valence-corrected chi connectivity index (χ0v) is 52.3. The summed E-state index contributed by atoms with van der Waals surface area (Å²) in [5, 5.41) is 64.4. The van der Waals surface area contributed by atoms with Crippen molar-refractivity contribution < 1.29 is 57.4 Å². The van der Waals surface area contributed by atoms with Gasteiger partial charge in [0.05, 0.1) is 76.5 Å². The number of H-pyrrole nitrogens is 2. The number of nitriles is 1. The summed E-state index contributed by atoms with van der Waals surface area (Å²) in [7, 11) is -1.80. The molecule has 3 aromatic carbocycles. The quantitative estimate of drug-likeness (QED) is 0.00416. The van der Waals surface area contributed by atoms with E-state index in [0.29, 0.717) is 75.5 Å². The summed E-state index contributed by atoms with van der Waals surface area (Å²) in [6, 6.07) is 26.8. The predicted octanol–water partition coefficient (Wildman–Crippen LogP) is 1.65. The standard InChI is InChI=1S/C15H13N3O.C12H17N5O3S.C12H16N4O3S2.C9H13N3O3.C7H11N5O4/c16-10-14(11-6-2-1-3-7-11)18-13-9-5-4-8-12(13)15(17)19;1-21-11-7-10(15-12(13)16-11)17(4-14-7)6-2-5(3-18)8(19)9(6)20;1-16-10-5-3-2-4-9(10)15-12(16)6-7-14-11(13)8-20-21(17,18)19;1-2-15-9(14)6-3-4-11-7(6)5-8(13)12-10;1-3(13)2-9-5-4(12(15)16)6(14)11-7(8)10-5/h1-9,14,18H,(H2,17,19);4-6,8-9,18-20H,2-3H2,1H3,(H2,13,15,16);2-5H,6-8H2,1H3,(H2,13,14)(H,17,18,19);3-4,11H,2,5,10H2,1H3,(H,12,13);3,13H,2H2,1H3,(H4,8,9,10,11,14). The van der Waals surface area contributed by atoms with Crippen LogP contribution in [-0.4, -0.2) is 163 Å². The van der Waals surface area contributed by atoms with Crippen LogP contribution < -0.4 is 50.4 Å². The molecule has 9 rings (SSSR count). The second-order valence-corrected chi connectivity index (χ2v) is 23.7. The first kappa shape index (κ1) is 73.0. The van der Waals surface area contributed by atoms with Crippen molar-refractivity contribution in [2.45, 2.75) is 68.5 Å². The van der Waals surface area contributed by atoms with Crippen LogP contribution >= 0.6 is 22.6 Å². The van der Waals surface area contributed by atoms with Crippen LogP contribution in [0.25, 0.3) is 22.2 Å². The van der Waals surface area contributed by atoms with Gasteiger partial charge in [0.25, 0.3) is 5.91 Å². The van der Waals surface area contributed by atoms with Crippen LogP contribution in [0, 0.1) is 27.4 Å². The van der Waals surface area contributed by atoms with Crippen LogP contribution in [0.4, 0.5) is 29.1 Å². The number of hydrazine groups is 1. The number of anilines is 4. The molecule has 0 saturated heterocycles. The van der Waals surface area contributed by atoms with Gasteiger partial charge in [0.1, 0.15) is 34.3 Å². The molecule has 0 spiro atoms. The monoisotopic (exact) mass is 1330 g/mol. The smallest absolute Gasteiger partial charge is 0.375 e. The zero-order chi connectivity index (χ0) is 67.8. The van der Waals surface area contributed by atoms with Gasteiger partial charge in [0, 0.05) is 67.5 Å². The fraction of sp³-hybridized carbons (Fsp3) is 0.327. The molecule has 2 amide bonds. The molecule has 37 heteroatoms. The first-order valence-corrected chi connectivity index (χ1v) is 31.6. The number of aryl methyl sites for hydroxylation is 1. The number of carbonyl (C=O) groups excluding carboxylic acids is 3. The number of para-hydroxylation sites is 3. The van der Waals surface area contributed by atoms with Gasteiger partial charge in [0.15, 0.2) is 5.65 Å². The second kappa shape index (κ2) is 35.0. The number of aliphatic imine (C=N–C) groups is 1. The minimum absolute atomic E-state index is 0.0245. The number of nitrogen functional groups attached to an aromatic ring is 2. The Hall–Kier alpha value is -9.78. The Bertz CT molecular complexity index is 4050. The molecule has 6 unspecified atom stereocenters. The Morgan fingerprint density at radius 3 is 2.29 bits per heavy atom. The van der Waals surface area contributed by atoms with Crippen LogP contribution in [-0.2, 0) is 38.6 Å². The number of nitrogens with one attached hydrogen (secondary N) is 5. The molecule has 8 aromatic rings. The van der Waals surface area contributed by atoms with Gasteiger partial charge in [-0.2, -0.15) is 23.6 Å². The Morgan fingerprint density at radius 2 is 1.68 bits per heavy atom. The van der Waals surface area contributed by atoms with E-state index in [9.17, 15) is 58.3 Å². The van der Waals surface area contributed by atoms with E-state index in [1.165, 1.54) is 18.7 Å². The van der Waals surface area contributed by atoms with Crippen LogP contribution in [0.2, 0.25) is 0 Å². The molecule has 6 atom stereocenters. The van der Waals surface area contributed by atoms with Crippen molar-refractivity contribution in [3.8, 4) is 6.07 Å². The molecule has 492 valence electrons. The van der Waals surface area contributed by atoms with Gasteiger partial charge in [-0.05, 0) is 62.4 Å². The number of benzene rings is 3. The minimum Gasteiger partial charge on any atom is -0.462 e. The second-order valence-electron chi connectivity index (χ2n) is 19.5. The number of thioether (sulfide) groups is 1. The molecule has 0 bridgehead atoms. The Labute approximate surface area is 532 Å². The Balaban J connectivity index is 0.000000210. The van der Waals surface area contributed by atoms with Gasteiger partial charge in [-0.3, -0.25) is 44.5 Å². The number of nitrogens with two attached hydrogens (primary N) is 5. The number of carbonyl (C=O) groups is 3. The van der Waals surface area contributed by atoms with Gasteiger partial charge < -0.3 is 72.8 Å². The number of esters is 1. The number of aromatic amines is 2. The molecule has 1 aliphatic rings. The first-order chi connectivity index (χ1) is 43.7. The molecule has 20 N–H and O–H groups in total. The predicted molar refractivity (Wildman–Crippen MR) is 345 cm³/mol. The van der Waals surface area contributed by atoms with Gasteiger partial charge >= 0.3 is 26.4 Å². The lowest BCUT2D eigenvalue weighted by Crippen LogP contribution is -2.31. The van der Waals surface area contributed by atoms with Gasteiger partial charge in [-0.1, -0.05) is 54.6 Å². The summed E-state index contributed by atoms with van der Waals surface area (Å²) >= 11 is 1.42. The summed E-state index contributed by atoms with van der Waals surface area (Å²) in [6.07, 6.45) is 3.41. The third-order valence-corrected chi connectivity index (χ3v) is 15.7. The highest BCUT2D eigenvalue weighted by Gasteiger charge is 2.43. The van der Waals surface area contributed by atoms with Crippen LogP contribution in [0.15, 0.2) is 112 Å². The van der Waals surface area contributed by atoms with Crippen molar-refractivity contribution in [2.75, 3.05) is 60.4 Å². The van der Waals surface area contributed by atoms with E-state index in [0.717, 1.165) is 22.4 Å². The summed E-state index contributed by atoms with van der Waals surface area (Å²) in [5.74, 6) is 3.90. The van der Waals surface area contributed by atoms with E-state index in [1.807, 2.05) is 82.9 Å². The van der Waals surface area contributed by atoms with Crippen LogP contribution in [0.5, 0.6) is 0 Å². The fourth-order valence-corrected chi connectivity index (χ4v) is 10.4. The number of nitrogens with zero attached hydrogens (tertiary/aromatic N) is 10. The molecule has 92 heavy (non-hydrogen) atoms. The van der Waals surface area contributed by atoms with Gasteiger partial charge in [-0.15, -0.1) is 11.8 Å². The maximum Gasteiger partial charge on any atom is 0.375 e. The van der Waals surface area contributed by atoms with Gasteiger partial charge in [-0.25, -0.2) is 25.6 Å². The van der Waals surface area contributed by atoms with E-state index in [-0.39, 0.29) is 60.7 Å². The van der Waals surface area contributed by atoms with E-state index < -0.39 is 67.6 Å². The summed E-state index contributed by atoms with van der Waals surface area (Å²) in [5.41, 5.74) is 27.9. The molecule has 5 aromatic heterocycles. The number of amides is 2. The maximum atomic E-state index is 11.4. The van der Waals surface area contributed by atoms with E-state index in [4.69, 9.17) is 43.2 Å². The molecule has 34 nitrogen and oxygen atoms in total. The molecule has 1 fully saturated rings. The third kappa shape index (κ3) is 20.9. The van der Waals surface area contributed by atoms with Crippen molar-refractivity contribution in [3.63, 3.8) is 0 Å². The van der Waals surface area contributed by atoms with Crippen molar-refractivity contribution >= 4 is 107 Å². The molecule has 1 aliphatic carbocycles. The van der Waals surface area contributed by atoms with Crippen LogP contribution in [0.3, 0.4) is 0 Å². The minimum atomic E-state index is -4.08. The Morgan fingerprint density at radius 1 is 1.00 bits per heavy atom. The van der Waals surface area contributed by atoms with Crippen molar-refractivity contribution in [2.24, 2.45) is 35.3 Å². The molecule has 0 aliphatic heterocycles. The number of aliphatic hydroxyl groups is 4. The number of nitro groups is 1. The molecule has 5 heterocycles. The number of hydrogen-bond acceptors (Lipinski definition) is 27. The summed E-state index contributed by atoms with van der Waals surface area (Å²) < 4.78 is 38.3. The lowest BCUT2D eigenvalue weighted by Gasteiger charge is -2.18. The van der Waals surface area contributed by atoms with Gasteiger partial charge in [0.2, 0.25) is 23.6 Å². The van der Waals surface area contributed by atoms with E-state index >= 15 is 0 Å². The Kier molecular flexibility index (Phi) is 27.7. The normalized spacial score (nSPS) is 15.7. The average Bonchev–Trinajstić information content (AvgIpc) is 1.68. The van der Waals surface area contributed by atoms with Crippen LogP contribution in [0.1, 0.15) is 70.1 Å².